The van der Waals surface area contributed by atoms with E-state index in [4.69, 9.17) is 9.47 Å². The van der Waals surface area contributed by atoms with Crippen LogP contribution in [0, 0.1) is 25.2 Å². The van der Waals surface area contributed by atoms with Gasteiger partial charge in [0.05, 0.1) is 12.6 Å². The zero-order valence-corrected chi connectivity index (χ0v) is 19.1. The first-order valence-electron chi connectivity index (χ1n) is 11.3. The third-order valence-corrected chi connectivity index (χ3v) is 5.93. The van der Waals surface area contributed by atoms with E-state index in [9.17, 15) is 10.1 Å². The molecule has 0 saturated carbocycles. The molecule has 3 aromatic rings. The monoisotopic (exact) mass is 443 g/mol. The molecule has 6 heteroatoms. The fourth-order valence-electron chi connectivity index (χ4n) is 4.10. The van der Waals surface area contributed by atoms with Gasteiger partial charge < -0.3 is 19.4 Å². The van der Waals surface area contributed by atoms with Gasteiger partial charge in [0.25, 0.3) is 5.91 Å². The molecule has 0 bridgehead atoms. The average molecular weight is 444 g/mol. The molecule has 1 N–H and O–H groups in total. The van der Waals surface area contributed by atoms with Gasteiger partial charge in [-0.1, -0.05) is 30.3 Å². The van der Waals surface area contributed by atoms with Crippen molar-refractivity contribution in [3.63, 3.8) is 0 Å². The second kappa shape index (κ2) is 10.4. The van der Waals surface area contributed by atoms with Crippen molar-refractivity contribution in [1.82, 2.24) is 9.88 Å². The van der Waals surface area contributed by atoms with Gasteiger partial charge in [0.1, 0.15) is 24.0 Å². The van der Waals surface area contributed by atoms with Crippen molar-refractivity contribution in [2.75, 3.05) is 19.8 Å². The largest absolute Gasteiger partial charge is 0.491 e. The van der Waals surface area contributed by atoms with Crippen molar-refractivity contribution in [1.29, 1.82) is 5.26 Å². The molecular formula is C27H29N3O3. The van der Waals surface area contributed by atoms with Gasteiger partial charge in [-0.25, -0.2) is 0 Å². The molecule has 1 unspecified atom stereocenters. The predicted octanol–water partition coefficient (Wildman–Crippen LogP) is 4.54. The number of fused-ring (bicyclic) bond motifs is 1. The Morgan fingerprint density at radius 3 is 2.94 bits per heavy atom. The van der Waals surface area contributed by atoms with E-state index in [0.717, 1.165) is 52.8 Å². The Hall–Kier alpha value is -3.56. The van der Waals surface area contributed by atoms with Crippen LogP contribution in [-0.2, 0) is 16.1 Å². The number of nitriles is 1. The van der Waals surface area contributed by atoms with Crippen LogP contribution in [0.2, 0.25) is 0 Å². The minimum absolute atomic E-state index is 0.0350. The summed E-state index contributed by atoms with van der Waals surface area (Å²) in [5.41, 5.74) is 4.22. The van der Waals surface area contributed by atoms with Crippen LogP contribution < -0.4 is 10.1 Å². The van der Waals surface area contributed by atoms with E-state index >= 15 is 0 Å². The number of rotatable bonds is 8. The van der Waals surface area contributed by atoms with E-state index < -0.39 is 0 Å². The van der Waals surface area contributed by atoms with Crippen LogP contribution >= 0.6 is 0 Å². The number of carbonyl (C=O) groups excluding carboxylic acids is 1. The molecule has 170 valence electrons. The zero-order valence-electron chi connectivity index (χ0n) is 19.1. The number of ether oxygens (including phenoxy) is 2. The third kappa shape index (κ3) is 5.44. The summed E-state index contributed by atoms with van der Waals surface area (Å²) in [6.45, 7) is 6.40. The summed E-state index contributed by atoms with van der Waals surface area (Å²) in [5.74, 6) is 0.518. The summed E-state index contributed by atoms with van der Waals surface area (Å²) in [6.07, 6.45) is 5.61. The van der Waals surface area contributed by atoms with E-state index in [2.05, 4.69) is 28.1 Å². The first-order chi connectivity index (χ1) is 16.0. The number of aryl methyl sites for hydroxylation is 2. The molecule has 1 atom stereocenters. The van der Waals surface area contributed by atoms with E-state index in [1.165, 1.54) is 0 Å². The van der Waals surface area contributed by atoms with Crippen molar-refractivity contribution in [3.8, 4) is 11.8 Å². The molecule has 1 aromatic heterocycles. The quantitative estimate of drug-likeness (QED) is 0.410. The SMILES string of the molecule is Cc1ccc(C)c(OCCn2cc(/C=C(\C#N)C(=O)NCC3CCCO3)c3ccccc32)c1. The highest BCUT2D eigenvalue weighted by atomic mass is 16.5. The Morgan fingerprint density at radius 1 is 1.30 bits per heavy atom. The van der Waals surface area contributed by atoms with Crippen molar-refractivity contribution < 1.29 is 14.3 Å². The number of hydrogen-bond donors (Lipinski definition) is 1. The highest BCUT2D eigenvalue weighted by Gasteiger charge is 2.18. The molecule has 1 aliphatic rings. The second-order valence-corrected chi connectivity index (χ2v) is 8.43. The average Bonchev–Trinajstić information content (AvgIpc) is 3.46. The second-order valence-electron chi connectivity index (χ2n) is 8.43. The van der Waals surface area contributed by atoms with Gasteiger partial charge in [-0.2, -0.15) is 5.26 Å². The molecular weight excluding hydrogens is 414 g/mol. The predicted molar refractivity (Wildman–Crippen MR) is 129 cm³/mol. The van der Waals surface area contributed by atoms with E-state index in [1.54, 1.807) is 6.08 Å². The summed E-state index contributed by atoms with van der Waals surface area (Å²) in [6, 6.07) is 16.2. The van der Waals surface area contributed by atoms with Gasteiger partial charge in [0.2, 0.25) is 0 Å². The standard InChI is InChI=1S/C27H29N3O3/c1-19-9-10-20(2)26(14-19)33-13-11-30-18-22(24-7-3-4-8-25(24)30)15-21(16-28)27(31)29-17-23-6-5-12-32-23/h3-4,7-10,14-15,18,23H,5-6,11-13,17H2,1-2H3,(H,29,31)/b21-15+. The minimum Gasteiger partial charge on any atom is -0.491 e. The van der Waals surface area contributed by atoms with Gasteiger partial charge in [0, 0.05) is 35.8 Å². The minimum atomic E-state index is -0.372. The Labute approximate surface area is 194 Å². The smallest absolute Gasteiger partial charge is 0.262 e. The maximum absolute atomic E-state index is 12.6. The van der Waals surface area contributed by atoms with E-state index in [0.29, 0.717) is 19.7 Å². The fourth-order valence-corrected chi connectivity index (χ4v) is 4.10. The van der Waals surface area contributed by atoms with Crippen LogP contribution in [0.3, 0.4) is 0 Å². The maximum atomic E-state index is 12.6. The van der Waals surface area contributed by atoms with Crippen LogP contribution in [0.4, 0.5) is 0 Å². The number of benzene rings is 2. The molecule has 4 rings (SSSR count). The Kier molecular flexibility index (Phi) is 7.11. The first kappa shape index (κ1) is 22.6. The lowest BCUT2D eigenvalue weighted by molar-refractivity contribution is -0.117. The number of carbonyl (C=O) groups is 1. The van der Waals surface area contributed by atoms with Gasteiger partial charge in [-0.15, -0.1) is 0 Å². The maximum Gasteiger partial charge on any atom is 0.262 e. The van der Waals surface area contributed by atoms with E-state index in [1.807, 2.05) is 50.4 Å². The molecule has 2 heterocycles. The van der Waals surface area contributed by atoms with Gasteiger partial charge in [-0.05, 0) is 56.0 Å². The van der Waals surface area contributed by atoms with Crippen molar-refractivity contribution in [2.45, 2.75) is 39.3 Å². The molecule has 0 spiro atoms. The molecule has 1 saturated heterocycles. The van der Waals surface area contributed by atoms with E-state index in [-0.39, 0.29) is 17.6 Å². The summed E-state index contributed by atoms with van der Waals surface area (Å²) in [4.78, 5) is 12.6. The van der Waals surface area contributed by atoms with Gasteiger partial charge in [0.15, 0.2) is 0 Å². The lowest BCUT2D eigenvalue weighted by Gasteiger charge is -2.11. The molecule has 2 aromatic carbocycles. The molecule has 6 nitrogen and oxygen atoms in total. The highest BCUT2D eigenvalue weighted by molar-refractivity contribution is 6.04. The summed E-state index contributed by atoms with van der Waals surface area (Å²) >= 11 is 0. The number of aromatic nitrogens is 1. The number of nitrogens with one attached hydrogen (secondary N) is 1. The summed E-state index contributed by atoms with van der Waals surface area (Å²) < 4.78 is 13.7. The molecule has 33 heavy (non-hydrogen) atoms. The van der Waals surface area contributed by atoms with Crippen molar-refractivity contribution in [2.24, 2.45) is 0 Å². The highest BCUT2D eigenvalue weighted by Crippen LogP contribution is 2.24. The molecule has 1 amide bonds. The molecule has 1 aliphatic heterocycles. The van der Waals surface area contributed by atoms with Crippen molar-refractivity contribution >= 4 is 22.9 Å². The van der Waals surface area contributed by atoms with Crippen LogP contribution in [0.5, 0.6) is 5.75 Å². The van der Waals surface area contributed by atoms with Crippen LogP contribution in [0.15, 0.2) is 54.2 Å². The van der Waals surface area contributed by atoms with Crippen LogP contribution in [-0.4, -0.2) is 36.3 Å². The summed E-state index contributed by atoms with van der Waals surface area (Å²) in [7, 11) is 0. The van der Waals surface area contributed by atoms with Gasteiger partial charge >= 0.3 is 0 Å². The number of amides is 1. The van der Waals surface area contributed by atoms with Gasteiger partial charge in [-0.3, -0.25) is 4.79 Å². The molecule has 1 fully saturated rings. The normalized spacial score (nSPS) is 16.0. The lowest BCUT2D eigenvalue weighted by atomic mass is 10.1. The lowest BCUT2D eigenvalue weighted by Crippen LogP contribution is -2.32. The third-order valence-electron chi connectivity index (χ3n) is 5.93. The summed E-state index contributed by atoms with van der Waals surface area (Å²) in [5, 5.41) is 13.4. The fraction of sp³-hybridized carbons (Fsp3) is 0.333. The van der Waals surface area contributed by atoms with Crippen LogP contribution in [0.1, 0.15) is 29.5 Å². The van der Waals surface area contributed by atoms with Crippen molar-refractivity contribution in [3.05, 3.63) is 70.9 Å². The Bertz CT molecular complexity index is 1210. The zero-order chi connectivity index (χ0) is 23.2. The first-order valence-corrected chi connectivity index (χ1v) is 11.3. The number of hydrogen-bond acceptors (Lipinski definition) is 4. The number of para-hydroxylation sites is 1. The molecule has 0 aliphatic carbocycles. The molecule has 0 radical (unpaired) electrons. The topological polar surface area (TPSA) is 76.3 Å². The van der Waals surface area contributed by atoms with Crippen LogP contribution in [0.25, 0.3) is 17.0 Å². The Morgan fingerprint density at radius 2 is 2.15 bits per heavy atom. The Balaban J connectivity index is 1.50. The number of nitrogens with zero attached hydrogens (tertiary/aromatic N) is 2.